The maximum atomic E-state index is 13.4. The fraction of sp³-hybridized carbons (Fsp3) is 0.105. The van der Waals surface area contributed by atoms with E-state index in [-0.39, 0.29) is 16.9 Å². The standard InChI is InChI=1S/C19H13FN2O3/c20-14-3-1-2-11(9-14)8-12-6-7-22-17(12)21-16-10-13(19(24)25)4-5-15(16)18(22)23/h1-5,8-10H,6-7H2,(H,24,25)/p-1/b12-8+. The molecule has 0 N–H and O–H groups in total. The van der Waals surface area contributed by atoms with Gasteiger partial charge in [0.2, 0.25) is 0 Å². The smallest absolute Gasteiger partial charge is 0.261 e. The van der Waals surface area contributed by atoms with Crippen molar-refractivity contribution in [2.24, 2.45) is 0 Å². The molecule has 4 rings (SSSR count). The minimum absolute atomic E-state index is 0.0296. The Labute approximate surface area is 141 Å². The van der Waals surface area contributed by atoms with E-state index in [1.165, 1.54) is 30.3 Å². The number of hydrogen-bond donors (Lipinski definition) is 0. The molecule has 6 heteroatoms. The lowest BCUT2D eigenvalue weighted by molar-refractivity contribution is -0.255. The van der Waals surface area contributed by atoms with E-state index < -0.39 is 5.97 Å². The summed E-state index contributed by atoms with van der Waals surface area (Å²) in [5, 5.41) is 11.4. The van der Waals surface area contributed by atoms with Crippen molar-refractivity contribution in [3.8, 4) is 0 Å². The van der Waals surface area contributed by atoms with E-state index in [9.17, 15) is 19.1 Å². The number of fused-ring (bicyclic) bond motifs is 2. The third-order valence-electron chi connectivity index (χ3n) is 4.27. The summed E-state index contributed by atoms with van der Waals surface area (Å²) in [6.07, 6.45) is 2.39. The number of nitrogens with zero attached hydrogens (tertiary/aromatic N) is 2. The van der Waals surface area contributed by atoms with Crippen molar-refractivity contribution in [3.63, 3.8) is 0 Å². The summed E-state index contributed by atoms with van der Waals surface area (Å²) in [6.45, 7) is 0.487. The van der Waals surface area contributed by atoms with Crippen LogP contribution in [0.1, 0.15) is 28.2 Å². The topological polar surface area (TPSA) is 75.0 Å². The van der Waals surface area contributed by atoms with E-state index in [1.54, 1.807) is 22.8 Å². The second-order valence-electron chi connectivity index (χ2n) is 5.89. The lowest BCUT2D eigenvalue weighted by atomic mass is 10.1. The van der Waals surface area contributed by atoms with Gasteiger partial charge in [0.05, 0.1) is 16.9 Å². The maximum absolute atomic E-state index is 13.4. The number of allylic oxidation sites excluding steroid dienone is 1. The van der Waals surface area contributed by atoms with Gasteiger partial charge in [0.1, 0.15) is 11.6 Å². The average molecular weight is 335 g/mol. The van der Waals surface area contributed by atoms with Gasteiger partial charge in [-0.1, -0.05) is 18.2 Å². The van der Waals surface area contributed by atoms with Gasteiger partial charge < -0.3 is 9.90 Å². The average Bonchev–Trinajstić information content (AvgIpc) is 2.97. The van der Waals surface area contributed by atoms with Gasteiger partial charge in [0.25, 0.3) is 5.56 Å². The third-order valence-corrected chi connectivity index (χ3v) is 4.27. The van der Waals surface area contributed by atoms with E-state index in [4.69, 9.17) is 0 Å². The van der Waals surface area contributed by atoms with Crippen molar-refractivity contribution in [2.45, 2.75) is 13.0 Å². The van der Waals surface area contributed by atoms with Gasteiger partial charge in [0.15, 0.2) is 0 Å². The molecule has 0 saturated heterocycles. The molecule has 0 unspecified atom stereocenters. The van der Waals surface area contributed by atoms with E-state index in [0.717, 1.165) is 5.57 Å². The van der Waals surface area contributed by atoms with Crippen molar-refractivity contribution in [1.29, 1.82) is 0 Å². The zero-order chi connectivity index (χ0) is 17.6. The molecule has 0 spiro atoms. The predicted molar refractivity (Wildman–Crippen MR) is 89.2 cm³/mol. The number of halogens is 1. The van der Waals surface area contributed by atoms with E-state index in [1.807, 2.05) is 0 Å². The Morgan fingerprint density at radius 1 is 1.24 bits per heavy atom. The molecule has 0 amide bonds. The number of hydrogen-bond acceptors (Lipinski definition) is 4. The fourth-order valence-corrected chi connectivity index (χ4v) is 3.08. The summed E-state index contributed by atoms with van der Waals surface area (Å²) in [5.74, 6) is -1.17. The molecule has 0 aliphatic carbocycles. The maximum Gasteiger partial charge on any atom is 0.261 e. The zero-order valence-electron chi connectivity index (χ0n) is 13.0. The molecule has 2 aromatic carbocycles. The second-order valence-corrected chi connectivity index (χ2v) is 5.89. The molecule has 5 nitrogen and oxygen atoms in total. The Kier molecular flexibility index (Phi) is 3.46. The van der Waals surface area contributed by atoms with Crippen LogP contribution in [0, 0.1) is 5.82 Å². The number of carbonyl (C=O) groups excluding carboxylic acids is 1. The zero-order valence-corrected chi connectivity index (χ0v) is 13.0. The molecular formula is C19H12FN2O3-. The molecule has 124 valence electrons. The molecule has 0 fully saturated rings. The van der Waals surface area contributed by atoms with Crippen molar-refractivity contribution >= 4 is 28.5 Å². The van der Waals surface area contributed by atoms with Crippen LogP contribution in [0.15, 0.2) is 47.3 Å². The summed E-state index contributed by atoms with van der Waals surface area (Å²) in [6, 6.07) is 10.3. The predicted octanol–water partition coefficient (Wildman–Crippen LogP) is 1.84. The lowest BCUT2D eigenvalue weighted by Gasteiger charge is -2.08. The minimum atomic E-state index is -1.32. The van der Waals surface area contributed by atoms with Gasteiger partial charge in [-0.3, -0.25) is 9.36 Å². The molecule has 0 radical (unpaired) electrons. The fourth-order valence-electron chi connectivity index (χ4n) is 3.08. The highest BCUT2D eigenvalue weighted by Gasteiger charge is 2.21. The minimum Gasteiger partial charge on any atom is -0.545 e. The van der Waals surface area contributed by atoms with Gasteiger partial charge in [-0.25, -0.2) is 9.37 Å². The monoisotopic (exact) mass is 335 g/mol. The third kappa shape index (κ3) is 2.61. The molecule has 2 heterocycles. The molecule has 0 bridgehead atoms. The molecule has 1 aliphatic rings. The van der Waals surface area contributed by atoms with Gasteiger partial charge in [-0.2, -0.15) is 0 Å². The van der Waals surface area contributed by atoms with E-state index >= 15 is 0 Å². The van der Waals surface area contributed by atoms with Crippen molar-refractivity contribution in [3.05, 3.63) is 75.6 Å². The summed E-state index contributed by atoms with van der Waals surface area (Å²) < 4.78 is 14.9. The van der Waals surface area contributed by atoms with Gasteiger partial charge in [0, 0.05) is 6.54 Å². The Balaban J connectivity index is 1.90. The number of aromatic nitrogens is 2. The van der Waals surface area contributed by atoms with Crippen LogP contribution >= 0.6 is 0 Å². The molecule has 1 aromatic heterocycles. The van der Waals surface area contributed by atoms with Crippen LogP contribution in [-0.4, -0.2) is 15.5 Å². The quantitative estimate of drug-likeness (QED) is 0.716. The van der Waals surface area contributed by atoms with Crippen LogP contribution in [0.5, 0.6) is 0 Å². The molecule has 1 aliphatic heterocycles. The number of carboxylic acids is 1. The van der Waals surface area contributed by atoms with Crippen LogP contribution in [0.25, 0.3) is 22.6 Å². The number of benzene rings is 2. The van der Waals surface area contributed by atoms with Gasteiger partial charge >= 0.3 is 0 Å². The highest BCUT2D eigenvalue weighted by Crippen LogP contribution is 2.27. The Morgan fingerprint density at radius 3 is 2.84 bits per heavy atom. The summed E-state index contributed by atoms with van der Waals surface area (Å²) >= 11 is 0. The summed E-state index contributed by atoms with van der Waals surface area (Å²) in [7, 11) is 0. The first-order valence-electron chi connectivity index (χ1n) is 7.75. The van der Waals surface area contributed by atoms with Crippen LogP contribution < -0.4 is 10.7 Å². The van der Waals surface area contributed by atoms with E-state index in [2.05, 4.69) is 4.98 Å². The van der Waals surface area contributed by atoms with Crippen LogP contribution in [0.2, 0.25) is 0 Å². The number of aromatic carboxylic acids is 1. The van der Waals surface area contributed by atoms with Gasteiger partial charge in [-0.05, 0) is 53.5 Å². The first kappa shape index (κ1) is 15.3. The number of rotatable bonds is 2. The Bertz CT molecular complexity index is 1120. The highest BCUT2D eigenvalue weighted by molar-refractivity contribution is 5.92. The first-order chi connectivity index (χ1) is 12.0. The molecule has 0 saturated carbocycles. The summed E-state index contributed by atoms with van der Waals surface area (Å²) in [5.41, 5.74) is 1.56. The highest BCUT2D eigenvalue weighted by atomic mass is 19.1. The van der Waals surface area contributed by atoms with Crippen LogP contribution in [-0.2, 0) is 6.54 Å². The molecule has 0 atom stereocenters. The molecule has 3 aromatic rings. The van der Waals surface area contributed by atoms with Crippen molar-refractivity contribution in [1.82, 2.24) is 9.55 Å². The normalized spacial score (nSPS) is 14.8. The van der Waals surface area contributed by atoms with Crippen molar-refractivity contribution in [2.75, 3.05) is 0 Å². The molecular weight excluding hydrogens is 323 g/mol. The largest absolute Gasteiger partial charge is 0.545 e. The number of carbonyl (C=O) groups is 1. The SMILES string of the molecule is O=C([O-])c1ccc2c(=O)n3c(nc2c1)/C(=C/c1cccc(F)c1)CC3. The lowest BCUT2D eigenvalue weighted by Crippen LogP contribution is -2.23. The molecule has 25 heavy (non-hydrogen) atoms. The van der Waals surface area contributed by atoms with Gasteiger partial charge in [-0.15, -0.1) is 0 Å². The van der Waals surface area contributed by atoms with Crippen LogP contribution in [0.4, 0.5) is 4.39 Å². The Morgan fingerprint density at radius 2 is 2.08 bits per heavy atom. The Hall–Kier alpha value is -3.28. The first-order valence-corrected chi connectivity index (χ1v) is 7.75. The summed E-state index contributed by atoms with van der Waals surface area (Å²) in [4.78, 5) is 28.1. The second kappa shape index (κ2) is 5.66. The number of carboxylic acid groups (broad SMARTS) is 1. The van der Waals surface area contributed by atoms with Crippen molar-refractivity contribution < 1.29 is 14.3 Å². The van der Waals surface area contributed by atoms with E-state index in [0.29, 0.717) is 35.3 Å². The van der Waals surface area contributed by atoms with Crippen LogP contribution in [0.3, 0.4) is 0 Å².